The largest absolute Gasteiger partial charge is 0.237 e. The molecular weight excluding hydrogens is 409 g/mol. The summed E-state index contributed by atoms with van der Waals surface area (Å²) in [6, 6.07) is 41.7. The lowest BCUT2D eigenvalue weighted by Gasteiger charge is -2.26. The van der Waals surface area contributed by atoms with Crippen LogP contribution < -0.4 is 15.9 Å². The van der Waals surface area contributed by atoms with Gasteiger partial charge in [0, 0.05) is 15.9 Å². The minimum Gasteiger partial charge on any atom is -0.237 e. The van der Waals surface area contributed by atoms with Crippen molar-refractivity contribution in [2.24, 2.45) is 14.9 Å². The first-order valence-corrected chi connectivity index (χ1v) is 12.4. The maximum absolute atomic E-state index is 5.34. The lowest BCUT2D eigenvalue weighted by Crippen LogP contribution is -2.26. The van der Waals surface area contributed by atoms with Crippen LogP contribution in [0.15, 0.2) is 136 Å². The molecular formula is C28H26N3P. The first-order chi connectivity index (χ1) is 15.7. The van der Waals surface area contributed by atoms with Crippen LogP contribution in [0.4, 0.5) is 0 Å². The van der Waals surface area contributed by atoms with E-state index in [0.29, 0.717) is 5.84 Å². The number of benzene rings is 4. The Bertz CT molecular complexity index is 1160. The summed E-state index contributed by atoms with van der Waals surface area (Å²) in [6.07, 6.45) is 0. The van der Waals surface area contributed by atoms with Crippen LogP contribution in [0.1, 0.15) is 19.4 Å². The van der Waals surface area contributed by atoms with E-state index in [0.717, 1.165) is 11.3 Å². The van der Waals surface area contributed by atoms with Gasteiger partial charge >= 0.3 is 0 Å². The van der Waals surface area contributed by atoms with Crippen molar-refractivity contribution < 1.29 is 0 Å². The zero-order valence-corrected chi connectivity index (χ0v) is 19.2. The quantitative estimate of drug-likeness (QED) is 0.159. The Balaban J connectivity index is 1.94. The van der Waals surface area contributed by atoms with Crippen LogP contribution in [0, 0.1) is 0 Å². The van der Waals surface area contributed by atoms with Gasteiger partial charge in [-0.25, -0.2) is 4.74 Å². The molecule has 0 atom stereocenters. The fourth-order valence-corrected chi connectivity index (χ4v) is 7.20. The van der Waals surface area contributed by atoms with Crippen LogP contribution in [-0.2, 0) is 0 Å². The van der Waals surface area contributed by atoms with E-state index in [2.05, 4.69) is 83.0 Å². The monoisotopic (exact) mass is 435 g/mol. The maximum Gasteiger partial charge on any atom is 0.147 e. The zero-order valence-electron chi connectivity index (χ0n) is 18.3. The summed E-state index contributed by atoms with van der Waals surface area (Å²) in [5.41, 5.74) is 1.92. The SMILES string of the molecule is C/C(N=P(c1ccccc1)(c1ccccc1)c1ccccc1)=N\N=C(/C)c1ccccc1. The Morgan fingerprint density at radius 1 is 0.500 bits per heavy atom. The van der Waals surface area contributed by atoms with Crippen LogP contribution in [-0.4, -0.2) is 11.5 Å². The topological polar surface area (TPSA) is 37.1 Å². The number of amidine groups is 1. The van der Waals surface area contributed by atoms with E-state index in [-0.39, 0.29) is 0 Å². The second kappa shape index (κ2) is 10.2. The van der Waals surface area contributed by atoms with Gasteiger partial charge in [0.05, 0.1) is 12.8 Å². The Morgan fingerprint density at radius 2 is 0.875 bits per heavy atom. The van der Waals surface area contributed by atoms with Crippen LogP contribution in [0.3, 0.4) is 0 Å². The Hall–Kier alpha value is -3.55. The summed E-state index contributed by atoms with van der Waals surface area (Å²) in [6.45, 7) is 3.91. The van der Waals surface area contributed by atoms with Gasteiger partial charge in [-0.05, 0) is 19.4 Å². The molecule has 0 radical (unpaired) electrons. The second-order valence-electron chi connectivity index (χ2n) is 7.44. The molecule has 4 aromatic rings. The molecule has 0 amide bonds. The van der Waals surface area contributed by atoms with Gasteiger partial charge in [0.1, 0.15) is 5.84 Å². The van der Waals surface area contributed by atoms with Crippen LogP contribution in [0.25, 0.3) is 0 Å². The number of rotatable bonds is 5. The van der Waals surface area contributed by atoms with E-state index in [4.69, 9.17) is 4.74 Å². The van der Waals surface area contributed by atoms with E-state index in [1.165, 1.54) is 15.9 Å². The lowest BCUT2D eigenvalue weighted by atomic mass is 10.1. The summed E-state index contributed by atoms with van der Waals surface area (Å²) >= 11 is 0. The number of nitrogens with zero attached hydrogens (tertiary/aromatic N) is 3. The molecule has 4 heteroatoms. The first kappa shape index (κ1) is 21.7. The summed E-state index contributed by atoms with van der Waals surface area (Å²) in [5.74, 6) is 0.658. The minimum atomic E-state index is -2.32. The first-order valence-electron chi connectivity index (χ1n) is 10.6. The summed E-state index contributed by atoms with van der Waals surface area (Å²) in [5, 5.41) is 12.6. The molecule has 3 nitrogen and oxygen atoms in total. The van der Waals surface area contributed by atoms with Gasteiger partial charge in [-0.3, -0.25) is 0 Å². The van der Waals surface area contributed by atoms with Crippen molar-refractivity contribution in [1.82, 2.24) is 0 Å². The van der Waals surface area contributed by atoms with Gasteiger partial charge in [-0.2, -0.15) is 5.10 Å². The molecule has 4 aromatic carbocycles. The van der Waals surface area contributed by atoms with Gasteiger partial charge in [0.2, 0.25) is 0 Å². The second-order valence-corrected chi connectivity index (χ2v) is 10.5. The predicted molar refractivity (Wildman–Crippen MR) is 139 cm³/mol. The lowest BCUT2D eigenvalue weighted by molar-refractivity contribution is 1.21. The van der Waals surface area contributed by atoms with Gasteiger partial charge in [-0.15, -0.1) is 5.10 Å². The summed E-state index contributed by atoms with van der Waals surface area (Å²) < 4.78 is 5.34. The average molecular weight is 436 g/mol. The highest BCUT2D eigenvalue weighted by Crippen LogP contribution is 2.46. The van der Waals surface area contributed by atoms with Crippen molar-refractivity contribution >= 4 is 34.5 Å². The molecule has 0 unspecified atom stereocenters. The van der Waals surface area contributed by atoms with Crippen molar-refractivity contribution in [3.05, 3.63) is 127 Å². The van der Waals surface area contributed by atoms with Crippen molar-refractivity contribution in [3.63, 3.8) is 0 Å². The van der Waals surface area contributed by atoms with E-state index in [9.17, 15) is 0 Å². The molecule has 0 spiro atoms. The molecule has 158 valence electrons. The molecule has 0 aromatic heterocycles. The highest BCUT2D eigenvalue weighted by Gasteiger charge is 2.27. The standard InChI is InChI=1S/C28H26N3P/c1-23(25-15-7-3-8-16-25)29-30-24(2)31-32(26-17-9-4-10-18-26,27-19-11-5-12-20-27)28-21-13-6-14-22-28/h3-22H,1-2H3/b29-23+,30-24+. The molecule has 0 bridgehead atoms. The van der Waals surface area contributed by atoms with E-state index in [1.54, 1.807) is 0 Å². The van der Waals surface area contributed by atoms with Crippen LogP contribution >= 0.6 is 7.05 Å². The van der Waals surface area contributed by atoms with Gasteiger partial charge in [0.15, 0.2) is 0 Å². The highest BCUT2D eigenvalue weighted by atomic mass is 31.2. The van der Waals surface area contributed by atoms with E-state index < -0.39 is 7.05 Å². The fourth-order valence-electron chi connectivity index (χ4n) is 3.67. The third kappa shape index (κ3) is 4.69. The Labute approximate surface area is 190 Å². The van der Waals surface area contributed by atoms with E-state index >= 15 is 0 Å². The molecule has 0 N–H and O–H groups in total. The fraction of sp³-hybridized carbons (Fsp3) is 0.0714. The van der Waals surface area contributed by atoms with E-state index in [1.807, 2.05) is 62.4 Å². The Morgan fingerprint density at radius 3 is 1.28 bits per heavy atom. The molecule has 0 aliphatic heterocycles. The van der Waals surface area contributed by atoms with Gasteiger partial charge < -0.3 is 0 Å². The summed E-state index contributed by atoms with van der Waals surface area (Å²) in [7, 11) is -2.32. The number of hydrogen-bond donors (Lipinski definition) is 0. The normalized spacial score (nSPS) is 12.4. The number of hydrogen-bond acceptors (Lipinski definition) is 2. The van der Waals surface area contributed by atoms with Gasteiger partial charge in [-0.1, -0.05) is 121 Å². The third-order valence-electron chi connectivity index (χ3n) is 5.22. The molecule has 0 saturated carbocycles. The molecule has 0 heterocycles. The van der Waals surface area contributed by atoms with Crippen molar-refractivity contribution in [1.29, 1.82) is 0 Å². The van der Waals surface area contributed by atoms with Crippen molar-refractivity contribution in [2.75, 3.05) is 0 Å². The molecule has 0 saturated heterocycles. The van der Waals surface area contributed by atoms with Gasteiger partial charge in [0.25, 0.3) is 0 Å². The average Bonchev–Trinajstić information content (AvgIpc) is 2.88. The molecule has 0 fully saturated rings. The van der Waals surface area contributed by atoms with Crippen LogP contribution in [0.2, 0.25) is 0 Å². The predicted octanol–water partition coefficient (Wildman–Crippen LogP) is 6.01. The summed E-state index contributed by atoms with van der Waals surface area (Å²) in [4.78, 5) is 0. The zero-order chi connectivity index (χ0) is 22.2. The molecule has 4 rings (SSSR count). The molecule has 0 aliphatic rings. The Kier molecular flexibility index (Phi) is 6.89. The van der Waals surface area contributed by atoms with Crippen molar-refractivity contribution in [3.8, 4) is 0 Å². The van der Waals surface area contributed by atoms with Crippen molar-refractivity contribution in [2.45, 2.75) is 13.8 Å². The smallest absolute Gasteiger partial charge is 0.147 e. The molecule has 32 heavy (non-hydrogen) atoms. The third-order valence-corrected chi connectivity index (χ3v) is 8.95. The minimum absolute atomic E-state index is 0.658. The highest BCUT2D eigenvalue weighted by molar-refractivity contribution is 7.87. The maximum atomic E-state index is 5.34. The molecule has 0 aliphatic carbocycles. The van der Waals surface area contributed by atoms with Crippen LogP contribution in [0.5, 0.6) is 0 Å².